The van der Waals surface area contributed by atoms with Crippen molar-refractivity contribution in [2.75, 3.05) is 32.8 Å². The Hall–Kier alpha value is -1.13. The number of guanidine groups is 1. The van der Waals surface area contributed by atoms with Gasteiger partial charge in [0.05, 0.1) is 6.54 Å². The van der Waals surface area contributed by atoms with Gasteiger partial charge in [-0.25, -0.2) is 4.39 Å². The van der Waals surface area contributed by atoms with Gasteiger partial charge < -0.3 is 20.5 Å². The molecule has 1 fully saturated rings. The summed E-state index contributed by atoms with van der Waals surface area (Å²) in [5, 5.41) is 16.9. The van der Waals surface area contributed by atoms with E-state index in [2.05, 4.69) is 41.3 Å². The van der Waals surface area contributed by atoms with Crippen molar-refractivity contribution in [3.05, 3.63) is 30.1 Å². The fourth-order valence-corrected chi connectivity index (χ4v) is 3.08. The van der Waals surface area contributed by atoms with Crippen molar-refractivity contribution in [1.29, 1.82) is 0 Å². The van der Waals surface area contributed by atoms with E-state index in [1.165, 1.54) is 12.1 Å². The van der Waals surface area contributed by atoms with Crippen LogP contribution in [-0.4, -0.2) is 66.9 Å². The topological polar surface area (TPSA) is 69.1 Å². The monoisotopic (exact) mass is 508 g/mol. The Morgan fingerprint density at radius 1 is 1.32 bits per heavy atom. The predicted octanol–water partition coefficient (Wildman–Crippen LogP) is 2.47. The van der Waals surface area contributed by atoms with Crippen molar-refractivity contribution in [2.45, 2.75) is 45.9 Å². The second-order valence-corrected chi connectivity index (χ2v) is 7.41. The van der Waals surface area contributed by atoms with Gasteiger partial charge in [-0.05, 0) is 51.0 Å². The maximum Gasteiger partial charge on any atom is 0.191 e. The molecule has 1 saturated heterocycles. The van der Waals surface area contributed by atoms with Crippen LogP contribution in [0, 0.1) is 11.7 Å². The normalized spacial score (nSPS) is 21.3. The molecule has 0 amide bonds. The number of aliphatic imine (C=N–C) groups is 1. The molecule has 0 aliphatic carbocycles. The summed E-state index contributed by atoms with van der Waals surface area (Å²) in [6.07, 6.45) is -0.737. The molecule has 0 saturated carbocycles. The lowest BCUT2D eigenvalue weighted by Gasteiger charge is -2.22. The molecule has 2 rings (SSSR count). The van der Waals surface area contributed by atoms with E-state index in [-0.39, 0.29) is 42.9 Å². The highest BCUT2D eigenvalue weighted by atomic mass is 127. The quantitative estimate of drug-likeness (QED) is 0.286. The van der Waals surface area contributed by atoms with E-state index < -0.39 is 6.10 Å². The molecule has 1 aromatic rings. The summed E-state index contributed by atoms with van der Waals surface area (Å²) in [5.74, 6) is 1.45. The maximum atomic E-state index is 12.9. The van der Waals surface area contributed by atoms with Gasteiger partial charge in [-0.3, -0.25) is 9.89 Å². The summed E-state index contributed by atoms with van der Waals surface area (Å²) >= 11 is 0. The van der Waals surface area contributed by atoms with Crippen LogP contribution >= 0.6 is 24.0 Å². The van der Waals surface area contributed by atoms with Crippen LogP contribution < -0.4 is 15.4 Å². The molecular weight excluding hydrogens is 474 g/mol. The van der Waals surface area contributed by atoms with E-state index in [1.54, 1.807) is 12.1 Å². The number of nitrogens with zero attached hydrogens (tertiary/aromatic N) is 2. The minimum Gasteiger partial charge on any atom is -0.491 e. The van der Waals surface area contributed by atoms with Gasteiger partial charge in [0.1, 0.15) is 24.3 Å². The van der Waals surface area contributed by atoms with Crippen molar-refractivity contribution >= 4 is 29.9 Å². The Kier molecular flexibility index (Phi) is 11.1. The van der Waals surface area contributed by atoms with Gasteiger partial charge >= 0.3 is 0 Å². The first kappa shape index (κ1) is 24.9. The Bertz CT molecular complexity index is 600. The Balaban J connectivity index is 0.00000392. The molecule has 1 aliphatic rings. The third-order valence-electron chi connectivity index (χ3n) is 4.75. The van der Waals surface area contributed by atoms with Crippen molar-refractivity contribution in [3.8, 4) is 5.75 Å². The second kappa shape index (κ2) is 12.4. The zero-order valence-electron chi connectivity index (χ0n) is 17.2. The van der Waals surface area contributed by atoms with Gasteiger partial charge in [0, 0.05) is 31.7 Å². The number of ether oxygens (including phenoxy) is 1. The van der Waals surface area contributed by atoms with E-state index in [9.17, 15) is 9.50 Å². The first-order valence-electron chi connectivity index (χ1n) is 9.74. The fraction of sp³-hybridized carbons (Fsp3) is 0.650. The number of aliphatic hydroxyl groups excluding tert-OH is 1. The van der Waals surface area contributed by atoms with Gasteiger partial charge in [-0.15, -0.1) is 24.0 Å². The number of aliphatic hydroxyl groups is 1. The third-order valence-corrected chi connectivity index (χ3v) is 4.75. The molecule has 0 bridgehead atoms. The van der Waals surface area contributed by atoms with E-state index in [4.69, 9.17) is 4.74 Å². The molecule has 3 atom stereocenters. The van der Waals surface area contributed by atoms with Gasteiger partial charge in [-0.1, -0.05) is 6.92 Å². The first-order valence-corrected chi connectivity index (χ1v) is 9.74. The lowest BCUT2D eigenvalue weighted by atomic mass is 10.1. The predicted molar refractivity (Wildman–Crippen MR) is 122 cm³/mol. The van der Waals surface area contributed by atoms with Crippen molar-refractivity contribution in [2.24, 2.45) is 10.9 Å². The summed E-state index contributed by atoms with van der Waals surface area (Å²) in [5.41, 5.74) is 0. The highest BCUT2D eigenvalue weighted by molar-refractivity contribution is 14.0. The van der Waals surface area contributed by atoms with Gasteiger partial charge in [0.15, 0.2) is 5.96 Å². The van der Waals surface area contributed by atoms with Crippen molar-refractivity contribution in [1.82, 2.24) is 15.5 Å². The number of halogens is 2. The van der Waals surface area contributed by atoms with Crippen molar-refractivity contribution < 1.29 is 14.2 Å². The molecule has 1 heterocycles. The first-order chi connectivity index (χ1) is 12.9. The molecule has 0 aromatic heterocycles. The standard InChI is InChI=1S/C20H33FN4O2.HI/c1-5-22-20(24-19-12-25(14(2)3)11-15(19)4)23-10-17(26)13-27-18-8-6-16(21)7-9-18;/h6-9,14-15,17,19,26H,5,10-13H2,1-4H3,(H2,22,23,24);1H. The highest BCUT2D eigenvalue weighted by Crippen LogP contribution is 2.18. The Labute approximate surface area is 185 Å². The summed E-state index contributed by atoms with van der Waals surface area (Å²) < 4.78 is 18.4. The molecule has 3 unspecified atom stereocenters. The number of nitrogens with one attached hydrogen (secondary N) is 2. The van der Waals surface area contributed by atoms with Crippen LogP contribution in [0.2, 0.25) is 0 Å². The zero-order valence-corrected chi connectivity index (χ0v) is 19.5. The molecule has 1 aromatic carbocycles. The summed E-state index contributed by atoms with van der Waals surface area (Å²) in [4.78, 5) is 6.95. The Morgan fingerprint density at radius 3 is 2.57 bits per heavy atom. The molecule has 160 valence electrons. The van der Waals surface area contributed by atoms with Crippen LogP contribution in [0.3, 0.4) is 0 Å². The van der Waals surface area contributed by atoms with E-state index in [1.807, 2.05) is 6.92 Å². The van der Waals surface area contributed by atoms with E-state index in [0.29, 0.717) is 29.7 Å². The largest absolute Gasteiger partial charge is 0.491 e. The van der Waals surface area contributed by atoms with Gasteiger partial charge in [0.25, 0.3) is 0 Å². The van der Waals surface area contributed by atoms with Crippen LogP contribution in [0.15, 0.2) is 29.3 Å². The Morgan fingerprint density at radius 2 is 2.00 bits per heavy atom. The third kappa shape index (κ3) is 8.08. The molecule has 0 spiro atoms. The molecule has 6 nitrogen and oxygen atoms in total. The van der Waals surface area contributed by atoms with Crippen molar-refractivity contribution in [3.63, 3.8) is 0 Å². The summed E-state index contributed by atoms with van der Waals surface area (Å²) in [6.45, 7) is 11.8. The molecule has 1 aliphatic heterocycles. The number of hydrogen-bond acceptors (Lipinski definition) is 4. The lowest BCUT2D eigenvalue weighted by Crippen LogP contribution is -2.47. The molecule has 0 radical (unpaired) electrons. The van der Waals surface area contributed by atoms with Crippen LogP contribution in [0.1, 0.15) is 27.7 Å². The molecule has 3 N–H and O–H groups in total. The number of likely N-dealkylation sites (tertiary alicyclic amines) is 1. The van der Waals surface area contributed by atoms with E-state index in [0.717, 1.165) is 19.6 Å². The minimum absolute atomic E-state index is 0. The lowest BCUT2D eigenvalue weighted by molar-refractivity contribution is 0.114. The van der Waals surface area contributed by atoms with Gasteiger partial charge in [-0.2, -0.15) is 0 Å². The van der Waals surface area contributed by atoms with Crippen LogP contribution in [0.25, 0.3) is 0 Å². The number of benzene rings is 1. The summed E-state index contributed by atoms with van der Waals surface area (Å²) in [7, 11) is 0. The van der Waals surface area contributed by atoms with E-state index >= 15 is 0 Å². The molecule has 28 heavy (non-hydrogen) atoms. The highest BCUT2D eigenvalue weighted by Gasteiger charge is 2.31. The van der Waals surface area contributed by atoms with Gasteiger partial charge in [0.2, 0.25) is 0 Å². The fourth-order valence-electron chi connectivity index (χ4n) is 3.08. The maximum absolute atomic E-state index is 12.9. The second-order valence-electron chi connectivity index (χ2n) is 7.41. The number of rotatable bonds is 8. The van der Waals surface area contributed by atoms with Crippen LogP contribution in [-0.2, 0) is 0 Å². The average molecular weight is 508 g/mol. The van der Waals surface area contributed by atoms with Crippen LogP contribution in [0.5, 0.6) is 5.75 Å². The minimum atomic E-state index is -0.737. The smallest absolute Gasteiger partial charge is 0.191 e. The number of hydrogen-bond donors (Lipinski definition) is 3. The summed E-state index contributed by atoms with van der Waals surface area (Å²) in [6, 6.07) is 6.60. The zero-order chi connectivity index (χ0) is 19.8. The van der Waals surface area contributed by atoms with Crippen LogP contribution in [0.4, 0.5) is 4.39 Å². The SMILES string of the molecule is CCNC(=NCC(O)COc1ccc(F)cc1)NC1CN(C(C)C)CC1C.I. The average Bonchev–Trinajstić information content (AvgIpc) is 3.00. The molecular formula is C20H34FIN4O2. The molecule has 8 heteroatoms.